The summed E-state index contributed by atoms with van der Waals surface area (Å²) in [6, 6.07) is 8.12. The zero-order chi connectivity index (χ0) is 14.8. The maximum atomic E-state index is 13.5. The summed E-state index contributed by atoms with van der Waals surface area (Å²) in [5, 5.41) is 3.25. The smallest absolute Gasteiger partial charge is 0.159 e. The third-order valence-corrected chi connectivity index (χ3v) is 4.25. The number of pyridine rings is 1. The number of hydrogen-bond donors (Lipinski definition) is 1. The van der Waals surface area contributed by atoms with Gasteiger partial charge in [0.25, 0.3) is 0 Å². The molecular weight excluding hydrogens is 270 g/mol. The van der Waals surface area contributed by atoms with E-state index in [0.29, 0.717) is 0 Å². The van der Waals surface area contributed by atoms with E-state index in [4.69, 9.17) is 0 Å². The summed E-state index contributed by atoms with van der Waals surface area (Å²) in [6.07, 6.45) is 4.92. The SMILES string of the molecule is CNC(c1ccc(F)c(F)c1)C1CCCc2cccnc21. The molecule has 2 aromatic rings. The number of nitrogens with zero attached hydrogens (tertiary/aromatic N) is 1. The Kier molecular flexibility index (Phi) is 3.97. The van der Waals surface area contributed by atoms with Crippen molar-refractivity contribution < 1.29 is 8.78 Å². The van der Waals surface area contributed by atoms with Gasteiger partial charge in [-0.1, -0.05) is 12.1 Å². The Balaban J connectivity index is 1.99. The van der Waals surface area contributed by atoms with Crippen LogP contribution >= 0.6 is 0 Å². The Morgan fingerprint density at radius 2 is 2.10 bits per heavy atom. The fraction of sp³-hybridized carbons (Fsp3) is 0.353. The maximum Gasteiger partial charge on any atom is 0.159 e. The number of nitrogens with one attached hydrogen (secondary N) is 1. The molecule has 0 saturated heterocycles. The lowest BCUT2D eigenvalue weighted by atomic mass is 9.79. The first-order valence-electron chi connectivity index (χ1n) is 7.26. The van der Waals surface area contributed by atoms with Crippen LogP contribution in [0.25, 0.3) is 0 Å². The molecule has 0 amide bonds. The second kappa shape index (κ2) is 5.90. The minimum atomic E-state index is -0.809. The number of halogens is 2. The second-order valence-corrected chi connectivity index (χ2v) is 5.49. The first-order valence-corrected chi connectivity index (χ1v) is 7.26. The fourth-order valence-corrected chi connectivity index (χ4v) is 3.28. The Morgan fingerprint density at radius 1 is 1.24 bits per heavy atom. The number of benzene rings is 1. The Morgan fingerprint density at radius 3 is 2.86 bits per heavy atom. The van der Waals surface area contributed by atoms with Gasteiger partial charge < -0.3 is 5.32 Å². The number of aryl methyl sites for hydroxylation is 1. The molecule has 1 heterocycles. The van der Waals surface area contributed by atoms with Gasteiger partial charge in [0, 0.05) is 23.9 Å². The average Bonchev–Trinajstić information content (AvgIpc) is 2.52. The number of fused-ring (bicyclic) bond motifs is 1. The van der Waals surface area contributed by atoms with Crippen LogP contribution in [0.1, 0.15) is 41.6 Å². The van der Waals surface area contributed by atoms with E-state index >= 15 is 0 Å². The molecule has 1 N–H and O–H groups in total. The number of likely N-dealkylation sites (N-methyl/N-ethyl adjacent to an activating group) is 1. The molecule has 4 heteroatoms. The van der Waals surface area contributed by atoms with E-state index in [1.807, 2.05) is 13.1 Å². The van der Waals surface area contributed by atoms with Crippen molar-refractivity contribution in [3.63, 3.8) is 0 Å². The summed E-state index contributed by atoms with van der Waals surface area (Å²) in [5.41, 5.74) is 3.10. The summed E-state index contributed by atoms with van der Waals surface area (Å²) >= 11 is 0. The van der Waals surface area contributed by atoms with Crippen LogP contribution in [0.3, 0.4) is 0 Å². The molecule has 0 spiro atoms. The average molecular weight is 288 g/mol. The molecule has 1 aliphatic rings. The molecule has 2 nitrogen and oxygen atoms in total. The van der Waals surface area contributed by atoms with Gasteiger partial charge in [-0.25, -0.2) is 8.78 Å². The molecule has 1 aliphatic carbocycles. The van der Waals surface area contributed by atoms with E-state index in [1.54, 1.807) is 12.3 Å². The van der Waals surface area contributed by atoms with E-state index in [9.17, 15) is 8.78 Å². The van der Waals surface area contributed by atoms with Gasteiger partial charge in [0.05, 0.1) is 0 Å². The molecule has 1 aromatic heterocycles. The van der Waals surface area contributed by atoms with Crippen LogP contribution in [0, 0.1) is 11.6 Å². The standard InChI is InChI=1S/C17H18F2N2/c1-20-16(12-7-8-14(18)15(19)10-12)13-6-2-4-11-5-3-9-21-17(11)13/h3,5,7-10,13,16,20H,2,4,6H2,1H3. The normalized spacial score (nSPS) is 19.1. The van der Waals surface area contributed by atoms with Gasteiger partial charge >= 0.3 is 0 Å². The Labute approximate surface area is 123 Å². The second-order valence-electron chi connectivity index (χ2n) is 5.49. The minimum Gasteiger partial charge on any atom is -0.312 e. The molecule has 0 radical (unpaired) electrons. The molecule has 0 fully saturated rings. The van der Waals surface area contributed by atoms with Crippen molar-refractivity contribution in [2.24, 2.45) is 0 Å². The molecule has 1 aromatic carbocycles. The number of rotatable bonds is 3. The van der Waals surface area contributed by atoms with Crippen LogP contribution in [0.5, 0.6) is 0 Å². The molecule has 3 rings (SSSR count). The first-order chi connectivity index (χ1) is 10.2. The van der Waals surface area contributed by atoms with Crippen LogP contribution in [0.15, 0.2) is 36.5 Å². The Hall–Kier alpha value is -1.81. The third-order valence-electron chi connectivity index (χ3n) is 4.25. The van der Waals surface area contributed by atoms with Crippen molar-refractivity contribution in [3.8, 4) is 0 Å². The monoisotopic (exact) mass is 288 g/mol. The Bertz CT molecular complexity index is 642. The van der Waals surface area contributed by atoms with E-state index in [2.05, 4.69) is 16.4 Å². The van der Waals surface area contributed by atoms with Crippen LogP contribution < -0.4 is 5.32 Å². The number of aromatic nitrogens is 1. The first kappa shape index (κ1) is 14.1. The highest BCUT2D eigenvalue weighted by molar-refractivity contribution is 5.31. The maximum absolute atomic E-state index is 13.5. The van der Waals surface area contributed by atoms with Gasteiger partial charge in [0.2, 0.25) is 0 Å². The van der Waals surface area contributed by atoms with E-state index in [-0.39, 0.29) is 12.0 Å². The lowest BCUT2D eigenvalue weighted by molar-refractivity contribution is 0.412. The predicted octanol–water partition coefficient (Wildman–Crippen LogP) is 3.74. The molecule has 0 aliphatic heterocycles. The van der Waals surface area contributed by atoms with Gasteiger partial charge in [-0.15, -0.1) is 0 Å². The quantitative estimate of drug-likeness (QED) is 0.930. The zero-order valence-corrected chi connectivity index (χ0v) is 11.9. The molecule has 21 heavy (non-hydrogen) atoms. The van der Waals surface area contributed by atoms with Crippen LogP contribution in [0.2, 0.25) is 0 Å². The van der Waals surface area contributed by atoms with E-state index in [0.717, 1.165) is 30.5 Å². The van der Waals surface area contributed by atoms with Crippen LogP contribution in [-0.4, -0.2) is 12.0 Å². The zero-order valence-electron chi connectivity index (χ0n) is 11.9. The lowest BCUT2D eigenvalue weighted by Gasteiger charge is -2.31. The third kappa shape index (κ3) is 2.68. The van der Waals surface area contributed by atoms with Crippen molar-refractivity contribution in [3.05, 3.63) is 65.0 Å². The van der Waals surface area contributed by atoms with Gasteiger partial charge in [0.1, 0.15) is 0 Å². The topological polar surface area (TPSA) is 24.9 Å². The van der Waals surface area contributed by atoms with Gasteiger partial charge in [0.15, 0.2) is 11.6 Å². The van der Waals surface area contributed by atoms with Crippen LogP contribution in [0.4, 0.5) is 8.78 Å². The fourth-order valence-electron chi connectivity index (χ4n) is 3.28. The molecule has 0 saturated carbocycles. The minimum absolute atomic E-state index is 0.0611. The summed E-state index contributed by atoms with van der Waals surface area (Å²) in [7, 11) is 1.85. The molecule has 110 valence electrons. The van der Waals surface area contributed by atoms with Crippen molar-refractivity contribution in [1.29, 1.82) is 0 Å². The summed E-state index contributed by atoms with van der Waals surface area (Å²) in [6.45, 7) is 0. The van der Waals surface area contributed by atoms with Crippen molar-refractivity contribution in [2.45, 2.75) is 31.2 Å². The molecular formula is C17H18F2N2. The summed E-state index contributed by atoms with van der Waals surface area (Å²) in [4.78, 5) is 4.53. The van der Waals surface area contributed by atoms with Crippen molar-refractivity contribution in [1.82, 2.24) is 10.3 Å². The van der Waals surface area contributed by atoms with E-state index < -0.39 is 11.6 Å². The predicted molar refractivity (Wildman–Crippen MR) is 78.1 cm³/mol. The molecule has 2 unspecified atom stereocenters. The van der Waals surface area contributed by atoms with Gasteiger partial charge in [-0.2, -0.15) is 0 Å². The highest BCUT2D eigenvalue weighted by atomic mass is 19.2. The largest absolute Gasteiger partial charge is 0.312 e. The van der Waals surface area contributed by atoms with Gasteiger partial charge in [-0.05, 0) is 55.6 Å². The summed E-state index contributed by atoms with van der Waals surface area (Å²) in [5.74, 6) is -1.43. The van der Waals surface area contributed by atoms with Crippen molar-refractivity contribution in [2.75, 3.05) is 7.05 Å². The van der Waals surface area contributed by atoms with Gasteiger partial charge in [-0.3, -0.25) is 4.98 Å². The summed E-state index contributed by atoms with van der Waals surface area (Å²) < 4.78 is 26.7. The molecule has 2 atom stereocenters. The highest BCUT2D eigenvalue weighted by Crippen LogP contribution is 2.39. The highest BCUT2D eigenvalue weighted by Gasteiger charge is 2.29. The number of hydrogen-bond acceptors (Lipinski definition) is 2. The lowest BCUT2D eigenvalue weighted by Crippen LogP contribution is -2.27. The van der Waals surface area contributed by atoms with Crippen molar-refractivity contribution >= 4 is 0 Å². The van der Waals surface area contributed by atoms with E-state index in [1.165, 1.54) is 17.7 Å². The van der Waals surface area contributed by atoms with Crippen LogP contribution in [-0.2, 0) is 6.42 Å². The molecule has 0 bridgehead atoms.